The second-order valence-electron chi connectivity index (χ2n) is 5.21. The minimum atomic E-state index is -0.727. The molecule has 0 spiro atoms. The van der Waals surface area contributed by atoms with Gasteiger partial charge in [-0.3, -0.25) is 15.1 Å². The number of nitrogens with zero attached hydrogens (tertiary/aromatic N) is 2. The fraction of sp³-hybridized carbons (Fsp3) is 0.500. The van der Waals surface area contributed by atoms with Crippen LogP contribution in [0.4, 0.5) is 4.79 Å². The van der Waals surface area contributed by atoms with Crippen molar-refractivity contribution in [2.75, 3.05) is 12.3 Å². The molecule has 8 heteroatoms. The largest absolute Gasteiger partial charge is 0.324 e. The van der Waals surface area contributed by atoms with Crippen LogP contribution in [0.2, 0.25) is 0 Å². The molecule has 2 rings (SSSR count). The van der Waals surface area contributed by atoms with Gasteiger partial charge in [0.15, 0.2) is 0 Å². The van der Waals surface area contributed by atoms with E-state index in [9.17, 15) is 9.59 Å². The molecule has 0 atom stereocenters. The molecule has 2 heterocycles. The molecule has 22 heavy (non-hydrogen) atoms. The highest BCUT2D eigenvalue weighted by Crippen LogP contribution is 2.22. The summed E-state index contributed by atoms with van der Waals surface area (Å²) in [6.45, 7) is 4.17. The number of unbranched alkanes of at least 4 members (excludes halogenated alkanes) is 1. The van der Waals surface area contributed by atoms with Crippen molar-refractivity contribution in [3.8, 4) is 0 Å². The van der Waals surface area contributed by atoms with Crippen LogP contribution in [0.3, 0.4) is 0 Å². The van der Waals surface area contributed by atoms with E-state index >= 15 is 0 Å². The number of carbonyl (C=O) groups excluding carboxylic acids is 2. The average molecular weight is 366 g/mol. The first-order chi connectivity index (χ1) is 9.51. The molecule has 124 valence electrons. The molecule has 0 aliphatic carbocycles. The molecule has 1 saturated heterocycles. The first-order valence-corrected chi connectivity index (χ1v) is 7.66. The fourth-order valence-corrected chi connectivity index (χ4v) is 2.97. The summed E-state index contributed by atoms with van der Waals surface area (Å²) in [5, 5.41) is 2.36. The van der Waals surface area contributed by atoms with Crippen molar-refractivity contribution in [3.63, 3.8) is 0 Å². The van der Waals surface area contributed by atoms with Gasteiger partial charge < -0.3 is 4.90 Å². The van der Waals surface area contributed by atoms with Gasteiger partial charge in [0.05, 0.1) is 0 Å². The summed E-state index contributed by atoms with van der Waals surface area (Å²) in [6, 6.07) is 3.70. The summed E-state index contributed by atoms with van der Waals surface area (Å²) >= 11 is 1.78. The number of halogens is 2. The smallest absolute Gasteiger partial charge is 0.310 e. The lowest BCUT2D eigenvalue weighted by Gasteiger charge is -2.27. The van der Waals surface area contributed by atoms with Crippen LogP contribution in [0.25, 0.3) is 0 Å². The van der Waals surface area contributed by atoms with E-state index in [0.29, 0.717) is 6.54 Å². The minimum absolute atomic E-state index is 0. The maximum absolute atomic E-state index is 11.7. The number of pyridine rings is 1. The van der Waals surface area contributed by atoms with E-state index in [1.807, 2.05) is 12.1 Å². The lowest BCUT2D eigenvalue weighted by Crippen LogP contribution is -2.44. The lowest BCUT2D eigenvalue weighted by atomic mass is 10.0. The lowest BCUT2D eigenvalue weighted by molar-refractivity contribution is -0.125. The highest BCUT2D eigenvalue weighted by Gasteiger charge is 2.44. The van der Waals surface area contributed by atoms with Gasteiger partial charge in [0.2, 0.25) is 0 Å². The van der Waals surface area contributed by atoms with E-state index in [1.165, 1.54) is 4.90 Å². The molecule has 0 bridgehead atoms. The van der Waals surface area contributed by atoms with Crippen LogP contribution in [0.1, 0.15) is 26.7 Å². The molecule has 5 nitrogen and oxygen atoms in total. The Morgan fingerprint density at radius 2 is 1.82 bits per heavy atom. The molecular weight excluding hydrogens is 345 g/mol. The van der Waals surface area contributed by atoms with Crippen LogP contribution >= 0.6 is 36.6 Å². The average Bonchev–Trinajstić information content (AvgIpc) is 2.61. The zero-order chi connectivity index (χ0) is 14.6. The third-order valence-electron chi connectivity index (χ3n) is 3.39. The zero-order valence-corrected chi connectivity index (χ0v) is 15.0. The number of amides is 3. The van der Waals surface area contributed by atoms with Crippen molar-refractivity contribution in [2.45, 2.75) is 37.1 Å². The second-order valence-corrected chi connectivity index (χ2v) is 6.38. The number of hydrogen-bond acceptors (Lipinski definition) is 4. The molecule has 1 fully saturated rings. The van der Waals surface area contributed by atoms with Gasteiger partial charge in [-0.15, -0.1) is 36.6 Å². The molecular formula is C14H21Cl2N3O2S. The van der Waals surface area contributed by atoms with Crippen molar-refractivity contribution < 1.29 is 9.59 Å². The van der Waals surface area contributed by atoms with E-state index in [2.05, 4.69) is 10.3 Å². The summed E-state index contributed by atoms with van der Waals surface area (Å²) in [6.07, 6.45) is 5.46. The standard InChI is InChI=1S/C14H19N3O2S.2ClH/c1-14(2)12(18)16-13(19)17(14)9-3-4-10-20-11-5-7-15-8-6-11;;/h5-8H,3-4,9-10H2,1-2H3,(H,16,18,19);2*1H. The number of aromatic nitrogens is 1. The maximum Gasteiger partial charge on any atom is 0.324 e. The van der Waals surface area contributed by atoms with Crippen LogP contribution < -0.4 is 5.32 Å². The molecule has 1 aromatic heterocycles. The van der Waals surface area contributed by atoms with Crippen molar-refractivity contribution in [3.05, 3.63) is 24.5 Å². The fourth-order valence-electron chi connectivity index (χ4n) is 2.07. The predicted molar refractivity (Wildman–Crippen MR) is 93.0 cm³/mol. The first-order valence-electron chi connectivity index (χ1n) is 6.67. The van der Waals surface area contributed by atoms with Crippen LogP contribution in [0, 0.1) is 0 Å². The number of rotatable bonds is 6. The van der Waals surface area contributed by atoms with Gasteiger partial charge in [0.25, 0.3) is 5.91 Å². The third kappa shape index (κ3) is 5.04. The Bertz CT molecular complexity index is 500. The van der Waals surface area contributed by atoms with Crippen molar-refractivity contribution >= 4 is 48.5 Å². The predicted octanol–water partition coefficient (Wildman–Crippen LogP) is 3.13. The van der Waals surface area contributed by atoms with Gasteiger partial charge in [-0.1, -0.05) is 0 Å². The first kappa shape index (κ1) is 21.0. The summed E-state index contributed by atoms with van der Waals surface area (Å²) < 4.78 is 0. The summed E-state index contributed by atoms with van der Waals surface area (Å²) in [7, 11) is 0. The number of nitrogens with one attached hydrogen (secondary N) is 1. The molecule has 1 N–H and O–H groups in total. The summed E-state index contributed by atoms with van der Waals surface area (Å²) in [5.41, 5.74) is -0.727. The number of carbonyl (C=O) groups is 2. The van der Waals surface area contributed by atoms with Crippen molar-refractivity contribution in [1.29, 1.82) is 0 Å². The Balaban J connectivity index is 0.00000220. The van der Waals surface area contributed by atoms with Crippen LogP contribution in [0.5, 0.6) is 0 Å². The zero-order valence-electron chi connectivity index (χ0n) is 12.6. The van der Waals surface area contributed by atoms with Gasteiger partial charge in [0.1, 0.15) is 5.54 Å². The van der Waals surface area contributed by atoms with E-state index in [-0.39, 0.29) is 36.8 Å². The molecule has 3 amide bonds. The molecule has 1 aliphatic rings. The number of thioether (sulfide) groups is 1. The normalized spacial score (nSPS) is 15.8. The van der Waals surface area contributed by atoms with Crippen molar-refractivity contribution in [2.24, 2.45) is 0 Å². The van der Waals surface area contributed by atoms with E-state index in [1.54, 1.807) is 42.9 Å². The molecule has 0 aromatic carbocycles. The van der Waals surface area contributed by atoms with Crippen LogP contribution in [0.15, 0.2) is 29.4 Å². The SMILES string of the molecule is CC1(C)C(=O)NC(=O)N1CCCCSc1ccncc1.Cl.Cl. The Kier molecular flexibility index (Phi) is 8.81. The number of hydrogen-bond donors (Lipinski definition) is 1. The quantitative estimate of drug-likeness (QED) is 0.477. The highest BCUT2D eigenvalue weighted by atomic mass is 35.5. The number of urea groups is 1. The molecule has 0 unspecified atom stereocenters. The second kappa shape index (κ2) is 9.22. The van der Waals surface area contributed by atoms with Gasteiger partial charge in [0, 0.05) is 23.8 Å². The van der Waals surface area contributed by atoms with Gasteiger partial charge in [-0.2, -0.15) is 0 Å². The molecule has 1 aliphatic heterocycles. The van der Waals surface area contributed by atoms with E-state index < -0.39 is 5.54 Å². The Morgan fingerprint density at radius 1 is 1.18 bits per heavy atom. The van der Waals surface area contributed by atoms with E-state index in [4.69, 9.17) is 0 Å². The Morgan fingerprint density at radius 3 is 2.36 bits per heavy atom. The number of imide groups is 1. The monoisotopic (exact) mass is 365 g/mol. The van der Waals surface area contributed by atoms with Crippen LogP contribution in [-0.4, -0.2) is 39.7 Å². The van der Waals surface area contributed by atoms with E-state index in [0.717, 1.165) is 18.6 Å². The summed E-state index contributed by atoms with van der Waals surface area (Å²) in [4.78, 5) is 30.1. The molecule has 0 radical (unpaired) electrons. The Labute approximate surface area is 147 Å². The van der Waals surface area contributed by atoms with Crippen LogP contribution in [-0.2, 0) is 4.79 Å². The minimum Gasteiger partial charge on any atom is -0.310 e. The molecule has 1 aromatic rings. The maximum atomic E-state index is 11.7. The highest BCUT2D eigenvalue weighted by molar-refractivity contribution is 7.99. The molecule has 0 saturated carbocycles. The summed E-state index contributed by atoms with van der Waals surface area (Å²) in [5.74, 6) is 0.780. The van der Waals surface area contributed by atoms with Gasteiger partial charge in [-0.05, 0) is 44.6 Å². The topological polar surface area (TPSA) is 62.3 Å². The van der Waals surface area contributed by atoms with Gasteiger partial charge >= 0.3 is 6.03 Å². The third-order valence-corrected chi connectivity index (χ3v) is 4.49. The Hall–Kier alpha value is -0.980. The van der Waals surface area contributed by atoms with Gasteiger partial charge in [-0.25, -0.2) is 4.79 Å². The van der Waals surface area contributed by atoms with Crippen molar-refractivity contribution in [1.82, 2.24) is 15.2 Å².